The molecular weight excluding hydrogens is 242 g/mol. The maximum atomic E-state index is 10.7. The second-order valence-corrected chi connectivity index (χ2v) is 4.19. The van der Waals surface area contributed by atoms with Crippen molar-refractivity contribution in [2.45, 2.75) is 6.42 Å². The Hall–Kier alpha value is -2.69. The van der Waals surface area contributed by atoms with E-state index < -0.39 is 5.97 Å². The molecule has 0 aliphatic rings. The van der Waals surface area contributed by atoms with Crippen LogP contribution in [0.3, 0.4) is 0 Å². The van der Waals surface area contributed by atoms with E-state index in [-0.39, 0.29) is 6.42 Å². The van der Waals surface area contributed by atoms with Gasteiger partial charge >= 0.3 is 5.97 Å². The quantitative estimate of drug-likeness (QED) is 0.775. The van der Waals surface area contributed by atoms with Crippen molar-refractivity contribution in [3.8, 4) is 11.3 Å². The molecule has 94 valence electrons. The van der Waals surface area contributed by atoms with Crippen molar-refractivity contribution in [3.63, 3.8) is 0 Å². The summed E-state index contributed by atoms with van der Waals surface area (Å²) in [5.74, 6) is -0.897. The van der Waals surface area contributed by atoms with Crippen LogP contribution in [0, 0.1) is 0 Å². The van der Waals surface area contributed by atoms with Crippen molar-refractivity contribution in [2.75, 3.05) is 0 Å². The van der Waals surface area contributed by atoms with E-state index in [9.17, 15) is 4.79 Å². The zero-order valence-electron chi connectivity index (χ0n) is 10.0. The molecule has 2 heterocycles. The van der Waals surface area contributed by atoms with Gasteiger partial charge in [0, 0.05) is 5.56 Å². The van der Waals surface area contributed by atoms with Gasteiger partial charge < -0.3 is 5.11 Å². The number of hydrogen-bond acceptors (Lipinski definition) is 3. The molecule has 0 unspecified atom stereocenters. The molecule has 2 aromatic heterocycles. The number of carboxylic acid groups (broad SMARTS) is 1. The number of nitrogens with zero attached hydrogens (tertiary/aromatic N) is 3. The summed E-state index contributed by atoms with van der Waals surface area (Å²) >= 11 is 0. The minimum atomic E-state index is -0.897. The monoisotopic (exact) mass is 253 g/mol. The van der Waals surface area contributed by atoms with Gasteiger partial charge in [-0.2, -0.15) is 5.10 Å². The molecule has 0 saturated heterocycles. The predicted octanol–water partition coefficient (Wildman–Crippen LogP) is 2.02. The molecule has 5 heteroatoms. The highest BCUT2D eigenvalue weighted by Crippen LogP contribution is 2.16. The number of aromatic nitrogens is 3. The van der Waals surface area contributed by atoms with E-state index in [0.29, 0.717) is 11.3 Å². The Bertz CT molecular complexity index is 735. The Labute approximate surface area is 109 Å². The number of benzene rings is 1. The first-order chi connectivity index (χ1) is 9.22. The van der Waals surface area contributed by atoms with Gasteiger partial charge in [0.05, 0.1) is 24.0 Å². The van der Waals surface area contributed by atoms with Crippen LogP contribution in [0.25, 0.3) is 16.9 Å². The largest absolute Gasteiger partial charge is 0.481 e. The highest BCUT2D eigenvalue weighted by Gasteiger charge is 2.07. The average Bonchev–Trinajstić information content (AvgIpc) is 2.79. The maximum Gasteiger partial charge on any atom is 0.309 e. The highest BCUT2D eigenvalue weighted by molar-refractivity contribution is 5.70. The molecule has 0 aliphatic heterocycles. The fourth-order valence-corrected chi connectivity index (χ4v) is 1.93. The third-order valence-corrected chi connectivity index (χ3v) is 2.77. The summed E-state index contributed by atoms with van der Waals surface area (Å²) in [5.41, 5.74) is 2.99. The summed E-state index contributed by atoms with van der Waals surface area (Å²) in [4.78, 5) is 14.9. The van der Waals surface area contributed by atoms with E-state index >= 15 is 0 Å². The summed E-state index contributed by atoms with van der Waals surface area (Å²) in [5, 5.41) is 13.2. The standard InChI is InChI=1S/C14H11N3O2/c18-14(19)8-11-9-17-13(15-11)7-6-12(16-17)10-4-2-1-3-5-10/h1-7,9H,8H2,(H,18,19). The highest BCUT2D eigenvalue weighted by atomic mass is 16.4. The maximum absolute atomic E-state index is 10.7. The average molecular weight is 253 g/mol. The summed E-state index contributed by atoms with van der Waals surface area (Å²) in [6.45, 7) is 0. The third-order valence-electron chi connectivity index (χ3n) is 2.77. The number of fused-ring (bicyclic) bond motifs is 1. The molecular formula is C14H11N3O2. The summed E-state index contributed by atoms with van der Waals surface area (Å²) in [6, 6.07) is 13.5. The topological polar surface area (TPSA) is 67.5 Å². The lowest BCUT2D eigenvalue weighted by Gasteiger charge is -2.00. The normalized spacial score (nSPS) is 10.7. The molecule has 3 rings (SSSR count). The smallest absolute Gasteiger partial charge is 0.309 e. The zero-order chi connectivity index (χ0) is 13.2. The zero-order valence-corrected chi connectivity index (χ0v) is 10.0. The minimum Gasteiger partial charge on any atom is -0.481 e. The second kappa shape index (κ2) is 4.53. The molecule has 3 aromatic rings. The van der Waals surface area contributed by atoms with Crippen molar-refractivity contribution >= 4 is 11.6 Å². The van der Waals surface area contributed by atoms with Crippen molar-refractivity contribution in [3.05, 3.63) is 54.4 Å². The van der Waals surface area contributed by atoms with Crippen molar-refractivity contribution < 1.29 is 9.90 Å². The van der Waals surface area contributed by atoms with Gasteiger partial charge in [-0.3, -0.25) is 4.79 Å². The molecule has 0 atom stereocenters. The van der Waals surface area contributed by atoms with Crippen LogP contribution in [-0.4, -0.2) is 25.7 Å². The Balaban J connectivity index is 2.03. The Morgan fingerprint density at radius 2 is 1.95 bits per heavy atom. The van der Waals surface area contributed by atoms with E-state index in [1.54, 1.807) is 10.7 Å². The number of hydrogen-bond donors (Lipinski definition) is 1. The number of carboxylic acids is 1. The van der Waals surface area contributed by atoms with Crippen molar-refractivity contribution in [1.82, 2.24) is 14.6 Å². The fraction of sp³-hybridized carbons (Fsp3) is 0.0714. The number of aliphatic carboxylic acids is 1. The van der Waals surface area contributed by atoms with Crippen LogP contribution < -0.4 is 0 Å². The molecule has 0 saturated carbocycles. The van der Waals surface area contributed by atoms with Crippen molar-refractivity contribution in [2.24, 2.45) is 0 Å². The predicted molar refractivity (Wildman–Crippen MR) is 69.8 cm³/mol. The number of carbonyl (C=O) groups is 1. The molecule has 0 fully saturated rings. The summed E-state index contributed by atoms with van der Waals surface area (Å²) in [7, 11) is 0. The van der Waals surface area contributed by atoms with E-state index in [2.05, 4.69) is 10.1 Å². The van der Waals surface area contributed by atoms with Gasteiger partial charge in [-0.1, -0.05) is 30.3 Å². The minimum absolute atomic E-state index is 0.0932. The SMILES string of the molecule is O=C(O)Cc1cn2nc(-c3ccccc3)ccc2n1. The van der Waals surface area contributed by atoms with E-state index in [0.717, 1.165) is 11.3 Å². The van der Waals surface area contributed by atoms with Gasteiger partial charge in [0.2, 0.25) is 0 Å². The van der Waals surface area contributed by atoms with Gasteiger partial charge in [-0.05, 0) is 12.1 Å². The first-order valence-corrected chi connectivity index (χ1v) is 5.85. The van der Waals surface area contributed by atoms with Gasteiger partial charge in [0.15, 0.2) is 5.65 Å². The Morgan fingerprint density at radius 3 is 2.68 bits per heavy atom. The molecule has 0 spiro atoms. The molecule has 0 aliphatic carbocycles. The first kappa shape index (κ1) is 11.4. The molecule has 0 radical (unpaired) electrons. The number of rotatable bonds is 3. The van der Waals surface area contributed by atoms with Crippen molar-refractivity contribution in [1.29, 1.82) is 0 Å². The van der Waals surface area contributed by atoms with Gasteiger partial charge in [-0.15, -0.1) is 0 Å². The van der Waals surface area contributed by atoms with Crippen LogP contribution >= 0.6 is 0 Å². The van der Waals surface area contributed by atoms with E-state index in [1.807, 2.05) is 42.5 Å². The fourth-order valence-electron chi connectivity index (χ4n) is 1.93. The van der Waals surface area contributed by atoms with Crippen LogP contribution in [0.4, 0.5) is 0 Å². The number of imidazole rings is 1. The molecule has 19 heavy (non-hydrogen) atoms. The van der Waals surface area contributed by atoms with Crippen LogP contribution in [-0.2, 0) is 11.2 Å². The van der Waals surface area contributed by atoms with Gasteiger partial charge in [-0.25, -0.2) is 9.50 Å². The summed E-state index contributed by atoms with van der Waals surface area (Å²) < 4.78 is 1.61. The molecule has 0 amide bonds. The van der Waals surface area contributed by atoms with Gasteiger partial charge in [0.1, 0.15) is 0 Å². The first-order valence-electron chi connectivity index (χ1n) is 5.85. The van der Waals surface area contributed by atoms with Gasteiger partial charge in [0.25, 0.3) is 0 Å². The lowest BCUT2D eigenvalue weighted by atomic mass is 10.1. The third kappa shape index (κ3) is 2.30. The van der Waals surface area contributed by atoms with E-state index in [4.69, 9.17) is 5.11 Å². The summed E-state index contributed by atoms with van der Waals surface area (Å²) in [6.07, 6.45) is 1.56. The lowest BCUT2D eigenvalue weighted by Crippen LogP contribution is -1.99. The lowest BCUT2D eigenvalue weighted by molar-refractivity contribution is -0.136. The van der Waals surface area contributed by atoms with Crippen LogP contribution in [0.15, 0.2) is 48.7 Å². The second-order valence-electron chi connectivity index (χ2n) is 4.19. The van der Waals surface area contributed by atoms with Crippen LogP contribution in [0.1, 0.15) is 5.69 Å². The van der Waals surface area contributed by atoms with Crippen LogP contribution in [0.5, 0.6) is 0 Å². The molecule has 5 nitrogen and oxygen atoms in total. The molecule has 1 N–H and O–H groups in total. The van der Waals surface area contributed by atoms with E-state index in [1.165, 1.54) is 0 Å². The Morgan fingerprint density at radius 1 is 1.16 bits per heavy atom. The Kier molecular flexibility index (Phi) is 2.72. The molecule has 1 aromatic carbocycles. The van der Waals surface area contributed by atoms with Crippen LogP contribution in [0.2, 0.25) is 0 Å². The molecule has 0 bridgehead atoms.